The summed E-state index contributed by atoms with van der Waals surface area (Å²) in [4.78, 5) is 26.7. The van der Waals surface area contributed by atoms with Crippen molar-refractivity contribution in [1.29, 1.82) is 0 Å². The average molecular weight is 354 g/mol. The number of ether oxygens (including phenoxy) is 1. The first-order valence-corrected chi connectivity index (χ1v) is 8.34. The molecule has 1 fully saturated rings. The monoisotopic (exact) mass is 354 g/mol. The van der Waals surface area contributed by atoms with Gasteiger partial charge in [0.05, 0.1) is 18.9 Å². The molecule has 0 bridgehead atoms. The zero-order valence-electron chi connectivity index (χ0n) is 14.2. The number of nitrogens with zero attached hydrogens (tertiary/aromatic N) is 1. The summed E-state index contributed by atoms with van der Waals surface area (Å²) in [6.45, 7) is 1.97. The van der Waals surface area contributed by atoms with E-state index in [0.29, 0.717) is 43.1 Å². The molecule has 0 atom stereocenters. The number of carbonyl (C=O) groups is 2. The molecule has 1 N–H and O–H groups in total. The van der Waals surface area contributed by atoms with Gasteiger partial charge >= 0.3 is 0 Å². The van der Waals surface area contributed by atoms with Crippen LogP contribution in [0.5, 0.6) is 0 Å². The van der Waals surface area contributed by atoms with Crippen molar-refractivity contribution in [2.75, 3.05) is 26.3 Å². The van der Waals surface area contributed by atoms with E-state index in [1.165, 1.54) is 30.3 Å². The Hall–Kier alpha value is -2.99. The zero-order valence-corrected chi connectivity index (χ0v) is 14.2. The van der Waals surface area contributed by atoms with Crippen LogP contribution in [0.15, 0.2) is 60.7 Å². The molecule has 3 rings (SSSR count). The summed E-state index contributed by atoms with van der Waals surface area (Å²) in [6.07, 6.45) is 1.37. The summed E-state index contributed by atoms with van der Waals surface area (Å²) in [6, 6.07) is 14.3. The Morgan fingerprint density at radius 1 is 0.962 bits per heavy atom. The summed E-state index contributed by atoms with van der Waals surface area (Å²) in [5.41, 5.74) is 1.35. The lowest BCUT2D eigenvalue weighted by Crippen LogP contribution is -2.40. The van der Waals surface area contributed by atoms with Crippen LogP contribution in [0.1, 0.15) is 15.9 Å². The summed E-state index contributed by atoms with van der Waals surface area (Å²) in [5, 5.41) is 2.76. The molecular formula is C20H19FN2O3. The fraction of sp³-hybridized carbons (Fsp3) is 0.200. The van der Waals surface area contributed by atoms with Gasteiger partial charge in [-0.15, -0.1) is 0 Å². The predicted octanol–water partition coefficient (Wildman–Crippen LogP) is 2.46. The Morgan fingerprint density at radius 3 is 2.27 bits per heavy atom. The van der Waals surface area contributed by atoms with E-state index in [2.05, 4.69) is 5.32 Å². The van der Waals surface area contributed by atoms with E-state index in [-0.39, 0.29) is 17.6 Å². The first kappa shape index (κ1) is 17.8. The molecule has 2 amide bonds. The summed E-state index contributed by atoms with van der Waals surface area (Å²) >= 11 is 0. The van der Waals surface area contributed by atoms with Gasteiger partial charge in [0.25, 0.3) is 5.91 Å². The normalized spacial score (nSPS) is 14.8. The maximum atomic E-state index is 13.2. The van der Waals surface area contributed by atoms with Gasteiger partial charge in [-0.05, 0) is 42.0 Å². The van der Waals surface area contributed by atoms with E-state index in [4.69, 9.17) is 4.74 Å². The quantitative estimate of drug-likeness (QED) is 0.858. The molecule has 0 radical (unpaired) electrons. The Labute approximate surface area is 151 Å². The molecule has 1 aliphatic heterocycles. The summed E-state index contributed by atoms with van der Waals surface area (Å²) < 4.78 is 18.5. The van der Waals surface area contributed by atoms with Crippen LogP contribution in [0.3, 0.4) is 0 Å². The maximum Gasteiger partial charge on any atom is 0.255 e. The van der Waals surface area contributed by atoms with Crippen LogP contribution in [0.25, 0.3) is 5.70 Å². The first-order valence-electron chi connectivity index (χ1n) is 8.34. The molecule has 0 saturated carbocycles. The Kier molecular flexibility index (Phi) is 5.76. The molecule has 6 heteroatoms. The van der Waals surface area contributed by atoms with Crippen LogP contribution in [-0.2, 0) is 9.53 Å². The number of morpholine rings is 1. The van der Waals surface area contributed by atoms with E-state index in [1.54, 1.807) is 29.2 Å². The number of rotatable bonds is 4. The molecule has 0 aliphatic carbocycles. The first-order chi connectivity index (χ1) is 12.6. The van der Waals surface area contributed by atoms with Crippen molar-refractivity contribution in [3.8, 4) is 0 Å². The minimum atomic E-state index is -0.387. The minimum Gasteiger partial charge on any atom is -0.378 e. The molecule has 0 aromatic heterocycles. The van der Waals surface area contributed by atoms with Crippen molar-refractivity contribution >= 4 is 17.5 Å². The van der Waals surface area contributed by atoms with E-state index in [0.717, 1.165) is 0 Å². The van der Waals surface area contributed by atoms with Gasteiger partial charge in [-0.2, -0.15) is 0 Å². The van der Waals surface area contributed by atoms with Crippen molar-refractivity contribution in [2.45, 2.75) is 0 Å². The van der Waals surface area contributed by atoms with E-state index in [9.17, 15) is 14.0 Å². The molecule has 1 saturated heterocycles. The number of benzene rings is 2. The molecule has 2 aromatic rings. The second-order valence-corrected chi connectivity index (χ2v) is 5.82. The second-order valence-electron chi connectivity index (χ2n) is 5.82. The molecule has 0 spiro atoms. The third kappa shape index (κ3) is 4.55. The lowest BCUT2D eigenvalue weighted by molar-refractivity contribution is -0.129. The van der Waals surface area contributed by atoms with Gasteiger partial charge in [-0.1, -0.05) is 18.2 Å². The minimum absolute atomic E-state index is 0.221. The van der Waals surface area contributed by atoms with Crippen molar-refractivity contribution < 1.29 is 18.7 Å². The Balaban J connectivity index is 1.86. The second kappa shape index (κ2) is 8.40. The Morgan fingerprint density at radius 2 is 1.62 bits per heavy atom. The highest BCUT2D eigenvalue weighted by Gasteiger charge is 2.17. The van der Waals surface area contributed by atoms with Crippen LogP contribution >= 0.6 is 0 Å². The lowest BCUT2D eigenvalue weighted by Gasteiger charge is -2.26. The molecule has 5 nitrogen and oxygen atoms in total. The van der Waals surface area contributed by atoms with Crippen molar-refractivity contribution in [3.63, 3.8) is 0 Å². The highest BCUT2D eigenvalue weighted by molar-refractivity contribution is 6.03. The van der Waals surface area contributed by atoms with Gasteiger partial charge in [-0.25, -0.2) is 4.39 Å². The van der Waals surface area contributed by atoms with Crippen LogP contribution in [0.4, 0.5) is 4.39 Å². The molecular weight excluding hydrogens is 335 g/mol. The molecule has 1 aliphatic rings. The molecule has 26 heavy (non-hydrogen) atoms. The third-order valence-corrected chi connectivity index (χ3v) is 4.03. The molecule has 1 heterocycles. The summed E-state index contributed by atoms with van der Waals surface area (Å²) in [7, 11) is 0. The van der Waals surface area contributed by atoms with Gasteiger partial charge in [0, 0.05) is 24.7 Å². The maximum absolute atomic E-state index is 13.2. The van der Waals surface area contributed by atoms with Gasteiger partial charge in [0.15, 0.2) is 0 Å². The average Bonchev–Trinajstić information content (AvgIpc) is 2.69. The topological polar surface area (TPSA) is 58.6 Å². The van der Waals surface area contributed by atoms with E-state index in [1.807, 2.05) is 6.07 Å². The fourth-order valence-electron chi connectivity index (χ4n) is 2.60. The molecule has 0 unspecified atom stereocenters. The van der Waals surface area contributed by atoms with Gasteiger partial charge in [0.1, 0.15) is 5.82 Å². The van der Waals surface area contributed by atoms with Gasteiger partial charge < -0.3 is 15.0 Å². The molecule has 134 valence electrons. The number of nitrogens with one attached hydrogen (secondary N) is 1. The smallest absolute Gasteiger partial charge is 0.255 e. The zero-order chi connectivity index (χ0) is 18.4. The van der Waals surface area contributed by atoms with Crippen molar-refractivity contribution in [2.24, 2.45) is 0 Å². The number of halogens is 1. The third-order valence-electron chi connectivity index (χ3n) is 4.03. The lowest BCUT2D eigenvalue weighted by atomic mass is 10.1. The van der Waals surface area contributed by atoms with Crippen molar-refractivity contribution in [1.82, 2.24) is 10.2 Å². The summed E-state index contributed by atoms with van der Waals surface area (Å²) in [5.74, 6) is -0.945. The SMILES string of the molecule is O=C(NC(=CC(=O)N1CCOCC1)c1ccc(F)cc1)c1ccccc1. The number of hydrogen-bond acceptors (Lipinski definition) is 3. The molecule has 2 aromatic carbocycles. The largest absolute Gasteiger partial charge is 0.378 e. The number of hydrogen-bond donors (Lipinski definition) is 1. The van der Waals surface area contributed by atoms with E-state index < -0.39 is 0 Å². The highest BCUT2D eigenvalue weighted by atomic mass is 19.1. The standard InChI is InChI=1S/C20H19FN2O3/c21-17-8-6-15(7-9-17)18(14-19(24)23-10-12-26-13-11-23)22-20(25)16-4-2-1-3-5-16/h1-9,14H,10-13H2,(H,22,25). The van der Waals surface area contributed by atoms with Gasteiger partial charge in [0.2, 0.25) is 5.91 Å². The number of carbonyl (C=O) groups excluding carboxylic acids is 2. The van der Waals surface area contributed by atoms with Gasteiger partial charge in [-0.3, -0.25) is 9.59 Å². The van der Waals surface area contributed by atoms with Crippen LogP contribution in [0.2, 0.25) is 0 Å². The van der Waals surface area contributed by atoms with Crippen molar-refractivity contribution in [3.05, 3.63) is 77.6 Å². The van der Waals surface area contributed by atoms with Crippen LogP contribution < -0.4 is 5.32 Å². The van der Waals surface area contributed by atoms with Crippen LogP contribution in [0, 0.1) is 5.82 Å². The fourth-order valence-corrected chi connectivity index (χ4v) is 2.60. The highest BCUT2D eigenvalue weighted by Crippen LogP contribution is 2.15. The van der Waals surface area contributed by atoms with E-state index >= 15 is 0 Å². The van der Waals surface area contributed by atoms with Crippen LogP contribution in [-0.4, -0.2) is 43.0 Å². The Bertz CT molecular complexity index is 798. The number of amides is 2. The predicted molar refractivity (Wildman–Crippen MR) is 95.7 cm³/mol.